The van der Waals surface area contributed by atoms with Crippen LogP contribution in [-0.2, 0) is 13.0 Å². The van der Waals surface area contributed by atoms with E-state index in [9.17, 15) is 0 Å². The molecule has 0 saturated heterocycles. The van der Waals surface area contributed by atoms with Gasteiger partial charge < -0.3 is 5.32 Å². The summed E-state index contributed by atoms with van der Waals surface area (Å²) in [6, 6.07) is 6.99. The number of rotatable bonds is 3. The van der Waals surface area contributed by atoms with Crippen LogP contribution in [0.15, 0.2) is 35.1 Å². The summed E-state index contributed by atoms with van der Waals surface area (Å²) >= 11 is 3.53. The molecular formula is C15H16BrN3. The van der Waals surface area contributed by atoms with Crippen LogP contribution in [-0.4, -0.2) is 9.97 Å². The molecule has 2 aromatic rings. The number of hydrogen-bond acceptors (Lipinski definition) is 3. The Kier molecular flexibility index (Phi) is 3.62. The summed E-state index contributed by atoms with van der Waals surface area (Å²) in [6.45, 7) is 2.72. The van der Waals surface area contributed by atoms with Crippen LogP contribution in [0.5, 0.6) is 0 Å². The molecule has 98 valence electrons. The standard InChI is InChI=1S/C15H16BrN3/c1-10-7-18-13(8-17-10)9-19-15-5-2-11-6-12(16)3-4-14(11)15/h3-4,6-8,15,19H,2,5,9H2,1H3. The van der Waals surface area contributed by atoms with Crippen molar-refractivity contribution in [2.75, 3.05) is 0 Å². The van der Waals surface area contributed by atoms with Gasteiger partial charge in [0.1, 0.15) is 0 Å². The predicted molar refractivity (Wildman–Crippen MR) is 78.8 cm³/mol. The largest absolute Gasteiger partial charge is 0.304 e. The molecule has 1 heterocycles. The van der Waals surface area contributed by atoms with Crippen LogP contribution in [0, 0.1) is 6.92 Å². The number of nitrogens with one attached hydrogen (secondary N) is 1. The van der Waals surface area contributed by atoms with Gasteiger partial charge in [-0.2, -0.15) is 0 Å². The molecule has 1 atom stereocenters. The SMILES string of the molecule is Cc1cnc(CNC2CCc3cc(Br)ccc32)cn1. The summed E-state index contributed by atoms with van der Waals surface area (Å²) in [4.78, 5) is 8.65. The van der Waals surface area contributed by atoms with Crippen LogP contribution < -0.4 is 5.32 Å². The Labute approximate surface area is 121 Å². The van der Waals surface area contributed by atoms with Gasteiger partial charge in [0, 0.05) is 29.5 Å². The highest BCUT2D eigenvalue weighted by molar-refractivity contribution is 9.10. The molecule has 1 N–H and O–H groups in total. The summed E-state index contributed by atoms with van der Waals surface area (Å²) in [6.07, 6.45) is 5.97. The average molecular weight is 318 g/mol. The van der Waals surface area contributed by atoms with Gasteiger partial charge in [0.2, 0.25) is 0 Å². The van der Waals surface area contributed by atoms with Crippen LogP contribution in [0.4, 0.5) is 0 Å². The van der Waals surface area contributed by atoms with E-state index in [-0.39, 0.29) is 0 Å². The number of halogens is 1. The van der Waals surface area contributed by atoms with Crippen LogP contribution in [0.3, 0.4) is 0 Å². The molecule has 0 aliphatic heterocycles. The maximum absolute atomic E-state index is 4.38. The number of aryl methyl sites for hydroxylation is 2. The minimum absolute atomic E-state index is 0.436. The maximum atomic E-state index is 4.38. The van der Waals surface area contributed by atoms with Gasteiger partial charge in [-0.05, 0) is 43.0 Å². The number of fused-ring (bicyclic) bond motifs is 1. The van der Waals surface area contributed by atoms with Gasteiger partial charge in [-0.25, -0.2) is 0 Å². The lowest BCUT2D eigenvalue weighted by Gasteiger charge is -2.13. The fourth-order valence-electron chi connectivity index (χ4n) is 2.54. The molecular weight excluding hydrogens is 302 g/mol. The zero-order valence-electron chi connectivity index (χ0n) is 10.9. The average Bonchev–Trinajstić information content (AvgIpc) is 2.80. The summed E-state index contributed by atoms with van der Waals surface area (Å²) in [7, 11) is 0. The molecule has 3 rings (SSSR count). The Morgan fingerprint density at radius 3 is 3.00 bits per heavy atom. The van der Waals surface area contributed by atoms with E-state index in [1.54, 1.807) is 0 Å². The monoisotopic (exact) mass is 317 g/mol. The zero-order chi connectivity index (χ0) is 13.2. The highest BCUT2D eigenvalue weighted by atomic mass is 79.9. The molecule has 1 aromatic carbocycles. The molecule has 1 aromatic heterocycles. The second kappa shape index (κ2) is 5.39. The minimum Gasteiger partial charge on any atom is -0.304 e. The first-order valence-electron chi connectivity index (χ1n) is 6.51. The van der Waals surface area contributed by atoms with E-state index in [1.807, 2.05) is 19.3 Å². The van der Waals surface area contributed by atoms with Crippen molar-refractivity contribution in [2.24, 2.45) is 0 Å². The lowest BCUT2D eigenvalue weighted by molar-refractivity contribution is 0.524. The van der Waals surface area contributed by atoms with E-state index >= 15 is 0 Å². The molecule has 1 aliphatic carbocycles. The fraction of sp³-hybridized carbons (Fsp3) is 0.333. The molecule has 0 saturated carbocycles. The second-order valence-electron chi connectivity index (χ2n) is 4.96. The normalized spacial score (nSPS) is 17.5. The maximum Gasteiger partial charge on any atom is 0.0724 e. The Bertz CT molecular complexity index is 580. The quantitative estimate of drug-likeness (QED) is 0.943. The fourth-order valence-corrected chi connectivity index (χ4v) is 2.95. The van der Waals surface area contributed by atoms with Crippen LogP contribution >= 0.6 is 15.9 Å². The van der Waals surface area contributed by atoms with Gasteiger partial charge in [0.05, 0.1) is 11.4 Å². The Morgan fingerprint density at radius 2 is 2.21 bits per heavy atom. The number of benzene rings is 1. The van der Waals surface area contributed by atoms with E-state index in [0.717, 1.165) is 35.2 Å². The lowest BCUT2D eigenvalue weighted by Crippen LogP contribution is -2.19. The van der Waals surface area contributed by atoms with Gasteiger partial charge in [0.25, 0.3) is 0 Å². The van der Waals surface area contributed by atoms with E-state index in [1.165, 1.54) is 11.1 Å². The van der Waals surface area contributed by atoms with Crippen molar-refractivity contribution in [3.63, 3.8) is 0 Å². The predicted octanol–water partition coefficient (Wildman–Crippen LogP) is 3.32. The Hall–Kier alpha value is -1.26. The Balaban J connectivity index is 1.68. The molecule has 0 fully saturated rings. The Morgan fingerprint density at radius 1 is 1.32 bits per heavy atom. The summed E-state index contributed by atoms with van der Waals surface area (Å²) in [5, 5.41) is 3.58. The van der Waals surface area contributed by atoms with E-state index in [4.69, 9.17) is 0 Å². The second-order valence-corrected chi connectivity index (χ2v) is 5.88. The highest BCUT2D eigenvalue weighted by Gasteiger charge is 2.21. The first-order chi connectivity index (χ1) is 9.22. The molecule has 4 heteroatoms. The van der Waals surface area contributed by atoms with Crippen molar-refractivity contribution in [1.82, 2.24) is 15.3 Å². The third kappa shape index (κ3) is 2.85. The minimum atomic E-state index is 0.436. The molecule has 0 amide bonds. The molecule has 0 spiro atoms. The van der Waals surface area contributed by atoms with Crippen molar-refractivity contribution in [3.8, 4) is 0 Å². The first kappa shape index (κ1) is 12.8. The van der Waals surface area contributed by atoms with Gasteiger partial charge in [-0.1, -0.05) is 22.0 Å². The van der Waals surface area contributed by atoms with Crippen LogP contribution in [0.1, 0.15) is 35.0 Å². The number of hydrogen-bond donors (Lipinski definition) is 1. The van der Waals surface area contributed by atoms with Crippen molar-refractivity contribution in [3.05, 3.63) is 57.6 Å². The third-order valence-corrected chi connectivity index (χ3v) is 4.04. The summed E-state index contributed by atoms with van der Waals surface area (Å²) < 4.78 is 1.16. The topological polar surface area (TPSA) is 37.8 Å². The van der Waals surface area contributed by atoms with E-state index < -0.39 is 0 Å². The lowest BCUT2D eigenvalue weighted by atomic mass is 10.1. The number of aromatic nitrogens is 2. The van der Waals surface area contributed by atoms with Gasteiger partial charge in [-0.3, -0.25) is 9.97 Å². The van der Waals surface area contributed by atoms with Crippen LogP contribution in [0.2, 0.25) is 0 Å². The smallest absolute Gasteiger partial charge is 0.0724 e. The van der Waals surface area contributed by atoms with Gasteiger partial charge in [0.15, 0.2) is 0 Å². The van der Waals surface area contributed by atoms with Gasteiger partial charge >= 0.3 is 0 Å². The van der Waals surface area contributed by atoms with E-state index in [0.29, 0.717) is 6.04 Å². The van der Waals surface area contributed by atoms with Crippen molar-refractivity contribution >= 4 is 15.9 Å². The van der Waals surface area contributed by atoms with Crippen LogP contribution in [0.25, 0.3) is 0 Å². The van der Waals surface area contributed by atoms with E-state index in [2.05, 4.69) is 49.4 Å². The molecule has 1 aliphatic rings. The van der Waals surface area contributed by atoms with Gasteiger partial charge in [-0.15, -0.1) is 0 Å². The highest BCUT2D eigenvalue weighted by Crippen LogP contribution is 2.32. The zero-order valence-corrected chi connectivity index (χ0v) is 12.4. The molecule has 0 bridgehead atoms. The van der Waals surface area contributed by atoms with Crippen molar-refractivity contribution in [2.45, 2.75) is 32.4 Å². The van der Waals surface area contributed by atoms with Crippen molar-refractivity contribution in [1.29, 1.82) is 0 Å². The first-order valence-corrected chi connectivity index (χ1v) is 7.31. The van der Waals surface area contributed by atoms with Crippen molar-refractivity contribution < 1.29 is 0 Å². The molecule has 0 radical (unpaired) electrons. The third-order valence-electron chi connectivity index (χ3n) is 3.55. The summed E-state index contributed by atoms with van der Waals surface area (Å²) in [5.74, 6) is 0. The molecule has 1 unspecified atom stereocenters. The molecule has 3 nitrogen and oxygen atoms in total. The molecule has 19 heavy (non-hydrogen) atoms. The number of nitrogens with zero attached hydrogens (tertiary/aromatic N) is 2. The summed E-state index contributed by atoms with van der Waals surface area (Å²) in [5.41, 5.74) is 4.82.